The fourth-order valence-corrected chi connectivity index (χ4v) is 3.14. The van der Waals surface area contributed by atoms with Gasteiger partial charge in [0.15, 0.2) is 0 Å². The van der Waals surface area contributed by atoms with Gasteiger partial charge in [0.1, 0.15) is 6.33 Å². The molecule has 28 heavy (non-hydrogen) atoms. The van der Waals surface area contributed by atoms with Crippen LogP contribution in [0, 0.1) is 6.92 Å². The number of benzene rings is 2. The van der Waals surface area contributed by atoms with E-state index in [1.54, 1.807) is 12.3 Å². The van der Waals surface area contributed by atoms with Crippen LogP contribution in [-0.2, 0) is 0 Å². The Morgan fingerprint density at radius 1 is 1.04 bits per heavy atom. The third-order valence-corrected chi connectivity index (χ3v) is 4.70. The zero-order valence-electron chi connectivity index (χ0n) is 15.8. The highest BCUT2D eigenvalue weighted by molar-refractivity contribution is 6.07. The average Bonchev–Trinajstić information content (AvgIpc) is 2.74. The third kappa shape index (κ3) is 3.60. The zero-order chi connectivity index (χ0) is 19.5. The molecule has 0 bridgehead atoms. The second kappa shape index (κ2) is 7.56. The van der Waals surface area contributed by atoms with Gasteiger partial charge in [-0.1, -0.05) is 48.0 Å². The van der Waals surface area contributed by atoms with E-state index in [0.29, 0.717) is 5.56 Å². The van der Waals surface area contributed by atoms with E-state index in [1.165, 1.54) is 11.9 Å². The molecule has 5 heteroatoms. The van der Waals surface area contributed by atoms with Gasteiger partial charge in [-0.15, -0.1) is 0 Å². The molecule has 5 nitrogen and oxygen atoms in total. The van der Waals surface area contributed by atoms with Gasteiger partial charge in [0.05, 0.1) is 28.5 Å². The van der Waals surface area contributed by atoms with Crippen molar-refractivity contribution in [3.8, 4) is 11.3 Å². The molecule has 0 saturated heterocycles. The van der Waals surface area contributed by atoms with E-state index in [1.807, 2.05) is 68.4 Å². The molecule has 1 atom stereocenters. The van der Waals surface area contributed by atoms with Crippen LogP contribution < -0.4 is 5.32 Å². The highest BCUT2D eigenvalue weighted by atomic mass is 16.1. The lowest BCUT2D eigenvalue weighted by molar-refractivity contribution is 0.0940. The molecule has 0 aliphatic carbocycles. The Kier molecular flexibility index (Phi) is 4.81. The van der Waals surface area contributed by atoms with Gasteiger partial charge in [0, 0.05) is 17.1 Å². The molecule has 138 valence electrons. The molecule has 4 aromatic rings. The number of aromatic nitrogens is 3. The van der Waals surface area contributed by atoms with Crippen molar-refractivity contribution >= 4 is 16.8 Å². The van der Waals surface area contributed by atoms with Crippen molar-refractivity contribution in [2.24, 2.45) is 0 Å². The quantitative estimate of drug-likeness (QED) is 0.576. The number of aryl methyl sites for hydroxylation is 1. The second-order valence-corrected chi connectivity index (χ2v) is 6.77. The fourth-order valence-electron chi connectivity index (χ4n) is 3.14. The molecule has 1 amide bonds. The summed E-state index contributed by atoms with van der Waals surface area (Å²) in [6.45, 7) is 3.95. The molecule has 0 spiro atoms. The Bertz CT molecular complexity index is 1120. The maximum absolute atomic E-state index is 13.1. The molecule has 1 N–H and O–H groups in total. The van der Waals surface area contributed by atoms with Crippen LogP contribution in [0.25, 0.3) is 22.2 Å². The summed E-state index contributed by atoms with van der Waals surface area (Å²) < 4.78 is 0. The maximum Gasteiger partial charge on any atom is 0.252 e. The Morgan fingerprint density at radius 3 is 2.57 bits per heavy atom. The molecule has 4 rings (SSSR count). The Morgan fingerprint density at radius 2 is 1.82 bits per heavy atom. The normalized spacial score (nSPS) is 11.9. The van der Waals surface area contributed by atoms with Gasteiger partial charge >= 0.3 is 0 Å². The predicted molar refractivity (Wildman–Crippen MR) is 110 cm³/mol. The van der Waals surface area contributed by atoms with Crippen LogP contribution in [0.5, 0.6) is 0 Å². The third-order valence-electron chi connectivity index (χ3n) is 4.70. The van der Waals surface area contributed by atoms with E-state index in [-0.39, 0.29) is 11.9 Å². The summed E-state index contributed by atoms with van der Waals surface area (Å²) >= 11 is 0. The summed E-state index contributed by atoms with van der Waals surface area (Å²) in [6, 6.07) is 19.3. The molecule has 0 aliphatic heterocycles. The molecular formula is C23H20N4O. The SMILES string of the molecule is Cc1ccc(-c2cc(C(=O)NC(C)c3ccncn3)c3ccccc3n2)cc1. The van der Waals surface area contributed by atoms with E-state index >= 15 is 0 Å². The minimum atomic E-state index is -0.231. The number of amides is 1. The van der Waals surface area contributed by atoms with Crippen LogP contribution >= 0.6 is 0 Å². The highest BCUT2D eigenvalue weighted by Crippen LogP contribution is 2.25. The number of hydrogen-bond donors (Lipinski definition) is 1. The predicted octanol–water partition coefficient (Wildman–Crippen LogP) is 4.49. The average molecular weight is 368 g/mol. The van der Waals surface area contributed by atoms with Crippen molar-refractivity contribution in [3.63, 3.8) is 0 Å². The van der Waals surface area contributed by atoms with E-state index in [2.05, 4.69) is 15.3 Å². The van der Waals surface area contributed by atoms with Gasteiger partial charge in [0.25, 0.3) is 5.91 Å². The molecule has 0 saturated carbocycles. The van der Waals surface area contributed by atoms with Crippen LogP contribution in [0.4, 0.5) is 0 Å². The van der Waals surface area contributed by atoms with Crippen molar-refractivity contribution in [1.29, 1.82) is 0 Å². The Balaban J connectivity index is 1.74. The van der Waals surface area contributed by atoms with Gasteiger partial charge in [-0.2, -0.15) is 0 Å². The van der Waals surface area contributed by atoms with Crippen molar-refractivity contribution in [3.05, 3.63) is 90.0 Å². The number of fused-ring (bicyclic) bond motifs is 1. The van der Waals surface area contributed by atoms with Crippen LogP contribution in [0.2, 0.25) is 0 Å². The van der Waals surface area contributed by atoms with Crippen molar-refractivity contribution < 1.29 is 4.79 Å². The first-order valence-corrected chi connectivity index (χ1v) is 9.15. The largest absolute Gasteiger partial charge is 0.344 e. The molecule has 0 aliphatic rings. The van der Waals surface area contributed by atoms with E-state index in [4.69, 9.17) is 4.98 Å². The van der Waals surface area contributed by atoms with Gasteiger partial charge in [-0.05, 0) is 32.0 Å². The minimum Gasteiger partial charge on any atom is -0.344 e. The highest BCUT2D eigenvalue weighted by Gasteiger charge is 2.17. The summed E-state index contributed by atoms with van der Waals surface area (Å²) in [7, 11) is 0. The topological polar surface area (TPSA) is 67.8 Å². The molecule has 1 unspecified atom stereocenters. The standard InChI is InChI=1S/C23H20N4O/c1-15-7-9-17(10-8-15)22-13-19(18-5-3-4-6-21(18)27-22)23(28)26-16(2)20-11-12-24-14-25-20/h3-14,16H,1-2H3,(H,26,28). The molecule has 0 radical (unpaired) electrons. The second-order valence-electron chi connectivity index (χ2n) is 6.77. The number of hydrogen-bond acceptors (Lipinski definition) is 4. The molecule has 2 aromatic heterocycles. The first-order chi connectivity index (χ1) is 13.6. The van der Waals surface area contributed by atoms with E-state index in [0.717, 1.165) is 27.9 Å². The van der Waals surface area contributed by atoms with Crippen LogP contribution in [-0.4, -0.2) is 20.9 Å². The summed E-state index contributed by atoms with van der Waals surface area (Å²) in [5.74, 6) is -0.155. The fraction of sp³-hybridized carbons (Fsp3) is 0.130. The number of nitrogens with zero attached hydrogens (tertiary/aromatic N) is 3. The Hall–Kier alpha value is -3.60. The van der Waals surface area contributed by atoms with Crippen molar-refractivity contribution in [2.75, 3.05) is 0 Å². The lowest BCUT2D eigenvalue weighted by Gasteiger charge is -2.15. The smallest absolute Gasteiger partial charge is 0.252 e. The molecule has 2 heterocycles. The van der Waals surface area contributed by atoms with Gasteiger partial charge in [0.2, 0.25) is 0 Å². The van der Waals surface area contributed by atoms with Gasteiger partial charge < -0.3 is 5.32 Å². The first kappa shape index (κ1) is 17.8. The number of nitrogens with one attached hydrogen (secondary N) is 1. The number of para-hydroxylation sites is 1. The van der Waals surface area contributed by atoms with Crippen molar-refractivity contribution in [2.45, 2.75) is 19.9 Å². The summed E-state index contributed by atoms with van der Waals surface area (Å²) in [5.41, 5.74) is 5.09. The molecule has 2 aromatic carbocycles. The lowest BCUT2D eigenvalue weighted by atomic mass is 10.0. The maximum atomic E-state index is 13.1. The number of carbonyl (C=O) groups excluding carboxylic acids is 1. The van der Waals surface area contributed by atoms with Crippen LogP contribution in [0.1, 0.15) is 34.6 Å². The molecular weight excluding hydrogens is 348 g/mol. The minimum absolute atomic E-state index is 0.155. The number of rotatable bonds is 4. The molecule has 0 fully saturated rings. The summed E-state index contributed by atoms with van der Waals surface area (Å²) in [5, 5.41) is 3.86. The summed E-state index contributed by atoms with van der Waals surface area (Å²) in [6.07, 6.45) is 3.15. The monoisotopic (exact) mass is 368 g/mol. The van der Waals surface area contributed by atoms with Crippen LogP contribution in [0.3, 0.4) is 0 Å². The lowest BCUT2D eigenvalue weighted by Crippen LogP contribution is -2.27. The first-order valence-electron chi connectivity index (χ1n) is 9.15. The Labute approximate surface area is 163 Å². The van der Waals surface area contributed by atoms with E-state index in [9.17, 15) is 4.79 Å². The van der Waals surface area contributed by atoms with Gasteiger partial charge in [-0.3, -0.25) is 4.79 Å². The van der Waals surface area contributed by atoms with Crippen LogP contribution in [0.15, 0.2) is 73.2 Å². The number of carbonyl (C=O) groups is 1. The summed E-state index contributed by atoms with van der Waals surface area (Å²) in [4.78, 5) is 26.0. The van der Waals surface area contributed by atoms with Gasteiger partial charge in [-0.25, -0.2) is 15.0 Å². The van der Waals surface area contributed by atoms with Crippen molar-refractivity contribution in [1.82, 2.24) is 20.3 Å². The van der Waals surface area contributed by atoms with E-state index < -0.39 is 0 Å². The number of pyridine rings is 1. The zero-order valence-corrected chi connectivity index (χ0v) is 15.8.